The van der Waals surface area contributed by atoms with E-state index in [1.165, 1.54) is 27.9 Å². The van der Waals surface area contributed by atoms with Crippen LogP contribution in [0.4, 0.5) is 0 Å². The van der Waals surface area contributed by atoms with Crippen molar-refractivity contribution in [2.24, 2.45) is 5.92 Å². The van der Waals surface area contributed by atoms with E-state index in [-0.39, 0.29) is 28.7 Å². The van der Waals surface area contributed by atoms with E-state index in [1.54, 1.807) is 5.17 Å². The molecule has 0 fully saturated rings. The minimum Gasteiger partial charge on any atom is -1.00 e. The largest absolute Gasteiger partial charge is 1.00 e. The van der Waals surface area contributed by atoms with Gasteiger partial charge in [-0.05, 0) is 12.3 Å². The molecule has 21 heavy (non-hydrogen) atoms. The molecule has 1 atom stereocenters. The van der Waals surface area contributed by atoms with Crippen molar-refractivity contribution < 1.29 is 28.7 Å². The van der Waals surface area contributed by atoms with Crippen molar-refractivity contribution in [3.05, 3.63) is 70.4 Å². The summed E-state index contributed by atoms with van der Waals surface area (Å²) >= 11 is 0. The van der Waals surface area contributed by atoms with Crippen LogP contribution in [0.1, 0.15) is 23.1 Å². The molecule has 3 aliphatic carbocycles. The maximum absolute atomic E-state index is 3.59. The topological polar surface area (TPSA) is 0 Å². The zero-order valence-corrected chi connectivity index (χ0v) is 17.8. The summed E-state index contributed by atoms with van der Waals surface area (Å²) in [5, 5.41) is 1.62. The van der Waals surface area contributed by atoms with E-state index in [4.69, 9.17) is 0 Å². The molecule has 3 rings (SSSR count). The second-order valence-corrected chi connectivity index (χ2v) is 8.56. The first-order chi connectivity index (χ1) is 9.59. The first-order valence-corrected chi connectivity index (χ1v) is 9.87. The summed E-state index contributed by atoms with van der Waals surface area (Å²) in [6.07, 6.45) is 18.2. The molecule has 0 spiro atoms. The van der Waals surface area contributed by atoms with Crippen LogP contribution in [0.2, 0.25) is 13.1 Å². The van der Waals surface area contributed by atoms with E-state index in [0.717, 1.165) is 6.42 Å². The molecule has 0 saturated carbocycles. The first-order valence-electron chi connectivity index (χ1n) is 7.37. The van der Waals surface area contributed by atoms with Crippen LogP contribution in [0.3, 0.4) is 0 Å². The summed E-state index contributed by atoms with van der Waals surface area (Å²) in [5.74, 6) is 0.519. The summed E-state index contributed by atoms with van der Waals surface area (Å²) in [4.78, 5) is 0. The number of rotatable bonds is 1. The summed E-state index contributed by atoms with van der Waals surface area (Å²) in [7, 11) is -0.418. The zero-order chi connectivity index (χ0) is 14.3. The smallest absolute Gasteiger partial charge is 0.00715 e. The van der Waals surface area contributed by atoms with E-state index < -0.39 is 8.41 Å². The Balaban J connectivity index is 0.00000161. The number of hydrogen-bond donors (Lipinski definition) is 0. The van der Waals surface area contributed by atoms with E-state index >= 15 is 0 Å². The maximum Gasteiger partial charge on any atom is 0.00715 e. The van der Waals surface area contributed by atoms with Crippen LogP contribution in [-0.2, 0) is 25.8 Å². The van der Waals surface area contributed by atoms with Gasteiger partial charge in [0.25, 0.3) is 0 Å². The minimum atomic E-state index is -0.418. The van der Waals surface area contributed by atoms with Crippen molar-refractivity contribution in [1.82, 2.24) is 0 Å². The van der Waals surface area contributed by atoms with Crippen molar-refractivity contribution in [3.63, 3.8) is 0 Å². The van der Waals surface area contributed by atoms with Gasteiger partial charge in [-0.25, -0.2) is 0 Å². The molecule has 0 radical (unpaired) electrons. The minimum absolute atomic E-state index is 0. The van der Waals surface area contributed by atoms with Gasteiger partial charge in [0.15, 0.2) is 0 Å². The summed E-state index contributed by atoms with van der Waals surface area (Å²) in [6.45, 7) is 9.36. The average Bonchev–Trinajstić information content (AvgIpc) is 2.97. The predicted molar refractivity (Wildman–Crippen MR) is 92.4 cm³/mol. The van der Waals surface area contributed by atoms with Crippen LogP contribution in [0.25, 0.3) is 0 Å². The predicted octanol–water partition coefficient (Wildman–Crippen LogP) is 4.80. The third kappa shape index (κ3) is 2.98. The van der Waals surface area contributed by atoms with Crippen molar-refractivity contribution in [2.45, 2.75) is 33.4 Å². The molecular weight excluding hydrogens is 435 g/mol. The second-order valence-electron chi connectivity index (χ2n) is 5.98. The molecule has 1 unspecified atom stereocenters. The molecule has 0 N–H and O–H groups in total. The molecule has 3 aliphatic rings. The van der Waals surface area contributed by atoms with Crippen LogP contribution in [-0.4, -0.2) is 13.6 Å². The van der Waals surface area contributed by atoms with Gasteiger partial charge in [0.05, 0.1) is 0 Å². The Labute approximate surface area is 151 Å². The van der Waals surface area contributed by atoms with Gasteiger partial charge in [0.2, 0.25) is 0 Å². The monoisotopic (exact) mass is 459 g/mol. The molecule has 0 aromatic carbocycles. The SMILES string of the molecule is CC1=[C-]C2=CC=CC(=[Si](C)C)C(C)C2=C1C1=CC=CC1.[H-].[H-].[Hf]. The van der Waals surface area contributed by atoms with E-state index in [9.17, 15) is 0 Å². The molecule has 0 nitrogen and oxygen atoms in total. The van der Waals surface area contributed by atoms with Crippen LogP contribution < -0.4 is 0 Å². The molecule has 0 aromatic rings. The van der Waals surface area contributed by atoms with Gasteiger partial charge in [0, 0.05) is 34.3 Å². The van der Waals surface area contributed by atoms with Crippen LogP contribution >= 0.6 is 0 Å². The maximum atomic E-state index is 3.59. The van der Waals surface area contributed by atoms with E-state index in [0.29, 0.717) is 5.92 Å². The summed E-state index contributed by atoms with van der Waals surface area (Å²) < 4.78 is 0. The average molecular weight is 458 g/mol. The molecule has 0 bridgehead atoms. The first kappa shape index (κ1) is 16.8. The van der Waals surface area contributed by atoms with E-state index in [1.807, 2.05) is 0 Å². The molecule has 0 aliphatic heterocycles. The van der Waals surface area contributed by atoms with Gasteiger partial charge < -0.3 is 2.85 Å². The fourth-order valence-electron chi connectivity index (χ4n) is 3.44. The van der Waals surface area contributed by atoms with Crippen LogP contribution in [0, 0.1) is 12.0 Å². The Bertz CT molecular complexity index is 684. The van der Waals surface area contributed by atoms with Crippen molar-refractivity contribution in [3.8, 4) is 0 Å². The van der Waals surface area contributed by atoms with Crippen molar-refractivity contribution in [1.29, 1.82) is 0 Å². The third-order valence-corrected chi connectivity index (χ3v) is 6.12. The van der Waals surface area contributed by atoms with Gasteiger partial charge in [-0.15, -0.1) is 34.9 Å². The number of allylic oxidation sites excluding steroid dienone is 12. The van der Waals surface area contributed by atoms with Gasteiger partial charge >= 0.3 is 0 Å². The molecule has 0 amide bonds. The Hall–Kier alpha value is -0.603. The molecular formula is C19H23HfSi-3. The molecule has 2 heteroatoms. The second kappa shape index (κ2) is 6.66. The van der Waals surface area contributed by atoms with Gasteiger partial charge in [-0.2, -0.15) is 5.57 Å². The van der Waals surface area contributed by atoms with Crippen LogP contribution in [0.5, 0.6) is 0 Å². The molecule has 110 valence electrons. The third-order valence-electron chi connectivity index (χ3n) is 4.36. The zero-order valence-electron chi connectivity index (χ0n) is 15.2. The van der Waals surface area contributed by atoms with Crippen molar-refractivity contribution in [2.75, 3.05) is 0 Å². The van der Waals surface area contributed by atoms with Crippen LogP contribution in [0.15, 0.2) is 64.3 Å². The van der Waals surface area contributed by atoms with Gasteiger partial charge in [-0.1, -0.05) is 62.0 Å². The number of hydrogen-bond acceptors (Lipinski definition) is 0. The summed E-state index contributed by atoms with van der Waals surface area (Å²) in [6, 6.07) is 0. The Kier molecular flexibility index (Phi) is 5.32. The number of fused-ring (bicyclic) bond motifs is 1. The quantitative estimate of drug-likeness (QED) is 0.392. The fraction of sp³-hybridized carbons (Fsp3) is 0.316. The fourth-order valence-corrected chi connectivity index (χ4v) is 4.88. The normalized spacial score (nSPS) is 23.3. The molecule has 0 aromatic heterocycles. The Morgan fingerprint density at radius 1 is 1.24 bits per heavy atom. The standard InChI is InChI=1S/C19H21Si.Hf.2H/c1-13-12-16-10-7-11-17(20(3)4)14(2)19(16)18(13)15-8-5-6-9-15;;;/h5-8,10-11,14H,9H2,1-4H3;;;/q-1;;2*-1. The Morgan fingerprint density at radius 3 is 2.62 bits per heavy atom. The van der Waals surface area contributed by atoms with Crippen molar-refractivity contribution >= 4 is 13.6 Å². The molecule has 0 saturated heterocycles. The Morgan fingerprint density at radius 2 is 2.00 bits per heavy atom. The van der Waals surface area contributed by atoms with E-state index in [2.05, 4.69) is 69.5 Å². The van der Waals surface area contributed by atoms with Gasteiger partial charge in [-0.3, -0.25) is 0 Å². The molecule has 0 heterocycles. The summed E-state index contributed by atoms with van der Waals surface area (Å²) in [5.41, 5.74) is 7.03. The van der Waals surface area contributed by atoms with Gasteiger partial charge in [0.1, 0.15) is 0 Å².